The molecule has 0 radical (unpaired) electrons. The molecule has 0 spiro atoms. The van der Waals surface area contributed by atoms with E-state index in [0.717, 1.165) is 43.5 Å². The first-order chi connectivity index (χ1) is 15.4. The minimum atomic E-state index is -3.99. The Morgan fingerprint density at radius 1 is 0.781 bits per heavy atom. The minimum Gasteiger partial charge on any atom is -0.466 e. The first-order valence-electron chi connectivity index (χ1n) is 12.5. The third-order valence-corrected chi connectivity index (χ3v) is 5.57. The summed E-state index contributed by atoms with van der Waals surface area (Å²) >= 11 is 0. The van der Waals surface area contributed by atoms with Crippen LogP contribution in [0.25, 0.3) is 0 Å². The molecule has 0 fully saturated rings. The first-order valence-corrected chi connectivity index (χ1v) is 12.5. The number of rotatable bonds is 19. The van der Waals surface area contributed by atoms with E-state index < -0.39 is 12.6 Å². The van der Waals surface area contributed by atoms with Gasteiger partial charge < -0.3 is 10.1 Å². The van der Waals surface area contributed by atoms with E-state index in [1.165, 1.54) is 44.9 Å². The number of anilines is 1. The van der Waals surface area contributed by atoms with E-state index >= 15 is 0 Å². The number of unbranched alkanes of at least 4 members (excludes halogenated alkanes) is 12. The van der Waals surface area contributed by atoms with E-state index in [-0.39, 0.29) is 12.4 Å². The molecule has 0 saturated heterocycles. The molecule has 6 heteroatoms. The molecule has 32 heavy (non-hydrogen) atoms. The number of nitrogens with one attached hydrogen (secondary N) is 1. The molecule has 0 saturated carbocycles. The predicted molar refractivity (Wildman–Crippen MR) is 126 cm³/mol. The van der Waals surface area contributed by atoms with E-state index in [1.54, 1.807) is 0 Å². The standard InChI is InChI=1S/C26H42F3NO2/c1-2-32-25(31)22-23-16-18-24(19-17-23)30-21-15-13-11-9-7-5-3-4-6-8-10-12-14-20-26(27,28)29/h16-19,30H,2-15,20-22H2,1H3. The fraction of sp³-hybridized carbons (Fsp3) is 0.731. The smallest absolute Gasteiger partial charge is 0.389 e. The summed E-state index contributed by atoms with van der Waals surface area (Å²) in [7, 11) is 0. The van der Waals surface area contributed by atoms with Crippen molar-refractivity contribution in [2.24, 2.45) is 0 Å². The van der Waals surface area contributed by atoms with Crippen LogP contribution in [0.1, 0.15) is 102 Å². The number of hydrogen-bond acceptors (Lipinski definition) is 3. The summed E-state index contributed by atoms with van der Waals surface area (Å²) in [6.45, 7) is 3.18. The topological polar surface area (TPSA) is 38.3 Å². The molecule has 0 atom stereocenters. The molecule has 0 aliphatic carbocycles. The van der Waals surface area contributed by atoms with E-state index in [9.17, 15) is 18.0 Å². The van der Waals surface area contributed by atoms with E-state index in [2.05, 4.69) is 5.32 Å². The third kappa shape index (κ3) is 16.9. The van der Waals surface area contributed by atoms with E-state index in [0.29, 0.717) is 19.4 Å². The molecule has 184 valence electrons. The highest BCUT2D eigenvalue weighted by Crippen LogP contribution is 2.23. The Morgan fingerprint density at radius 3 is 1.72 bits per heavy atom. The van der Waals surface area contributed by atoms with Crippen LogP contribution in [0.3, 0.4) is 0 Å². The molecule has 1 N–H and O–H groups in total. The summed E-state index contributed by atoms with van der Waals surface area (Å²) in [4.78, 5) is 11.5. The summed E-state index contributed by atoms with van der Waals surface area (Å²) in [5.74, 6) is -0.188. The molecule has 0 aliphatic rings. The lowest BCUT2D eigenvalue weighted by Crippen LogP contribution is -2.07. The van der Waals surface area contributed by atoms with Crippen LogP contribution in [0.5, 0.6) is 0 Å². The van der Waals surface area contributed by atoms with Crippen molar-refractivity contribution in [1.82, 2.24) is 0 Å². The van der Waals surface area contributed by atoms with Gasteiger partial charge in [0.05, 0.1) is 13.0 Å². The van der Waals surface area contributed by atoms with Crippen LogP contribution >= 0.6 is 0 Å². The second-order valence-corrected chi connectivity index (χ2v) is 8.57. The Labute approximate surface area is 192 Å². The average Bonchev–Trinajstić information content (AvgIpc) is 2.74. The maximum Gasteiger partial charge on any atom is 0.389 e. The SMILES string of the molecule is CCOC(=O)Cc1ccc(NCCCCCCCCCCCCCCCC(F)(F)F)cc1. The van der Waals surface area contributed by atoms with Gasteiger partial charge in [0, 0.05) is 18.7 Å². The van der Waals surface area contributed by atoms with Crippen molar-refractivity contribution in [2.45, 2.75) is 109 Å². The lowest BCUT2D eigenvalue weighted by molar-refractivity contribution is -0.142. The van der Waals surface area contributed by atoms with Gasteiger partial charge in [0.2, 0.25) is 0 Å². The highest BCUT2D eigenvalue weighted by molar-refractivity contribution is 5.72. The lowest BCUT2D eigenvalue weighted by Gasteiger charge is -2.08. The van der Waals surface area contributed by atoms with Crippen LogP contribution in [-0.2, 0) is 16.0 Å². The maximum atomic E-state index is 12.0. The molecule has 3 nitrogen and oxygen atoms in total. The number of carbonyl (C=O) groups excluding carboxylic acids is 1. The van der Waals surface area contributed by atoms with Gasteiger partial charge >= 0.3 is 12.1 Å². The third-order valence-electron chi connectivity index (χ3n) is 5.57. The number of hydrogen-bond donors (Lipinski definition) is 1. The largest absolute Gasteiger partial charge is 0.466 e. The van der Waals surface area contributed by atoms with Gasteiger partial charge in [-0.15, -0.1) is 0 Å². The number of alkyl halides is 3. The lowest BCUT2D eigenvalue weighted by atomic mass is 10.0. The second-order valence-electron chi connectivity index (χ2n) is 8.57. The summed E-state index contributed by atoms with van der Waals surface area (Å²) in [6, 6.07) is 7.95. The van der Waals surface area contributed by atoms with Crippen molar-refractivity contribution in [2.75, 3.05) is 18.5 Å². The van der Waals surface area contributed by atoms with Gasteiger partial charge in [-0.25, -0.2) is 0 Å². The number of ether oxygens (including phenoxy) is 1. The Hall–Kier alpha value is -1.72. The maximum absolute atomic E-state index is 12.0. The van der Waals surface area contributed by atoms with Gasteiger partial charge in [-0.3, -0.25) is 4.79 Å². The second kappa shape index (κ2) is 17.8. The summed E-state index contributed by atoms with van der Waals surface area (Å²) < 4.78 is 41.1. The van der Waals surface area contributed by atoms with Crippen LogP contribution < -0.4 is 5.32 Å². The van der Waals surface area contributed by atoms with Crippen LogP contribution in [0.4, 0.5) is 18.9 Å². The molecule has 0 unspecified atom stereocenters. The molecule has 0 amide bonds. The Morgan fingerprint density at radius 2 is 1.25 bits per heavy atom. The van der Waals surface area contributed by atoms with Crippen LogP contribution in [-0.4, -0.2) is 25.3 Å². The van der Waals surface area contributed by atoms with Gasteiger partial charge in [0.15, 0.2) is 0 Å². The number of esters is 1. The molecular weight excluding hydrogens is 415 g/mol. The molecule has 0 heterocycles. The molecule has 1 rings (SSSR count). The molecule has 1 aromatic carbocycles. The van der Waals surface area contributed by atoms with Crippen LogP contribution in [0.15, 0.2) is 24.3 Å². The van der Waals surface area contributed by atoms with Gasteiger partial charge in [0.25, 0.3) is 0 Å². The zero-order valence-electron chi connectivity index (χ0n) is 19.8. The number of benzene rings is 1. The summed E-state index contributed by atoms with van der Waals surface area (Å²) in [5.41, 5.74) is 2.05. The van der Waals surface area contributed by atoms with Crippen molar-refractivity contribution >= 4 is 11.7 Å². The summed E-state index contributed by atoms with van der Waals surface area (Å²) in [5, 5.41) is 3.43. The number of carbonyl (C=O) groups is 1. The highest BCUT2D eigenvalue weighted by atomic mass is 19.4. The first kappa shape index (κ1) is 28.3. The Kier molecular flexibility index (Phi) is 15.7. The van der Waals surface area contributed by atoms with Gasteiger partial charge in [-0.2, -0.15) is 13.2 Å². The summed E-state index contributed by atoms with van der Waals surface area (Å²) in [6.07, 6.45) is 9.76. The van der Waals surface area contributed by atoms with E-state index in [4.69, 9.17) is 4.74 Å². The quantitative estimate of drug-likeness (QED) is 0.168. The van der Waals surface area contributed by atoms with Gasteiger partial charge in [-0.05, 0) is 37.5 Å². The zero-order valence-corrected chi connectivity index (χ0v) is 19.8. The fourth-order valence-electron chi connectivity index (χ4n) is 3.75. The highest BCUT2D eigenvalue weighted by Gasteiger charge is 2.25. The Bertz CT molecular complexity index is 588. The van der Waals surface area contributed by atoms with E-state index in [1.807, 2.05) is 31.2 Å². The van der Waals surface area contributed by atoms with Crippen LogP contribution in [0, 0.1) is 0 Å². The average molecular weight is 458 g/mol. The van der Waals surface area contributed by atoms with Crippen molar-refractivity contribution in [1.29, 1.82) is 0 Å². The molecule has 0 aliphatic heterocycles. The molecule has 0 bridgehead atoms. The number of halogens is 3. The monoisotopic (exact) mass is 457 g/mol. The van der Waals surface area contributed by atoms with Crippen molar-refractivity contribution < 1.29 is 22.7 Å². The van der Waals surface area contributed by atoms with Crippen LogP contribution in [0.2, 0.25) is 0 Å². The van der Waals surface area contributed by atoms with Crippen molar-refractivity contribution in [3.63, 3.8) is 0 Å². The predicted octanol–water partition coefficient (Wildman–Crippen LogP) is 8.23. The minimum absolute atomic E-state index is 0.188. The van der Waals surface area contributed by atoms with Gasteiger partial charge in [-0.1, -0.05) is 82.8 Å². The Balaban J connectivity index is 1.86. The normalized spacial score (nSPS) is 11.5. The fourth-order valence-corrected chi connectivity index (χ4v) is 3.75. The van der Waals surface area contributed by atoms with Gasteiger partial charge in [0.1, 0.15) is 0 Å². The zero-order chi connectivity index (χ0) is 23.5. The molecule has 0 aromatic heterocycles. The van der Waals surface area contributed by atoms with Crippen molar-refractivity contribution in [3.05, 3.63) is 29.8 Å². The molecular formula is C26H42F3NO2. The van der Waals surface area contributed by atoms with Crippen molar-refractivity contribution in [3.8, 4) is 0 Å². The molecule has 1 aromatic rings.